The lowest BCUT2D eigenvalue weighted by Crippen LogP contribution is -2.73. The van der Waals surface area contributed by atoms with Crippen molar-refractivity contribution in [2.45, 2.75) is 74.6 Å². The van der Waals surface area contributed by atoms with Crippen LogP contribution in [0.15, 0.2) is 28.9 Å². The number of fused-ring (bicyclic) bond motifs is 5. The molecule has 0 aromatic heterocycles. The number of nitrogens with zero attached hydrogens (tertiary/aromatic N) is 1. The van der Waals surface area contributed by atoms with E-state index in [-0.39, 0.29) is 40.2 Å². The summed E-state index contributed by atoms with van der Waals surface area (Å²) in [5.41, 5.74) is -9.56. The number of aromatic hydroxyl groups is 2. The average Bonchev–Trinajstić information content (AvgIpc) is 3.10. The van der Waals surface area contributed by atoms with Gasteiger partial charge in [0.05, 0.1) is 34.7 Å². The standard InChI is InChI=1S/C37H42N2O15/c1-14-10-16-11-21(40)37(53-6)33(46)24-18(32(45)36(37,49)25(16)28(43)22(14)35(47)48)12-17-23(27(24)42)19(38-8-7-9-50-3)13-20(26(17)41)39-34-31(52-5)29(44)30(51-4)15(2)54-34/h10,12-13,15,21,29-31,34,39-40,42-44,49H,7-9,11H2,1-6H3,(H,47,48). The first kappa shape index (κ1) is 39.1. The predicted octanol–water partition coefficient (Wildman–Crippen LogP) is 0.305. The van der Waals surface area contributed by atoms with Crippen molar-refractivity contribution >= 4 is 29.0 Å². The molecule has 6 rings (SSSR count). The number of carboxylic acids is 1. The zero-order chi connectivity index (χ0) is 39.6. The predicted molar refractivity (Wildman–Crippen MR) is 185 cm³/mol. The van der Waals surface area contributed by atoms with Gasteiger partial charge in [0.2, 0.25) is 17.3 Å². The van der Waals surface area contributed by atoms with Crippen molar-refractivity contribution in [1.29, 1.82) is 0 Å². The first-order chi connectivity index (χ1) is 25.6. The van der Waals surface area contributed by atoms with Gasteiger partial charge in [-0.1, -0.05) is 6.07 Å². The molecule has 54 heavy (non-hydrogen) atoms. The molecule has 2 aromatic carbocycles. The van der Waals surface area contributed by atoms with Gasteiger partial charge in [0.25, 0.3) is 0 Å². The van der Waals surface area contributed by atoms with Gasteiger partial charge >= 0.3 is 5.97 Å². The molecular weight excluding hydrogens is 712 g/mol. The SMILES string of the molecule is COCCCN=C1C=C(NC2OC(C)C(OC)C(O)C2OC)C(=O)c2cc3c(c(O)c21)C(=O)C1(OC)C(O)Cc2cc(C)c(C(=O)O)c(O)c2C1(O)C3=O. The number of ketones is 3. The van der Waals surface area contributed by atoms with Gasteiger partial charge in [0.1, 0.15) is 35.4 Å². The maximum Gasteiger partial charge on any atom is 0.339 e. The number of hydrogen-bond acceptors (Lipinski definition) is 16. The molecule has 3 aliphatic carbocycles. The van der Waals surface area contributed by atoms with Crippen LogP contribution in [0.2, 0.25) is 0 Å². The third-order valence-corrected chi connectivity index (χ3v) is 10.8. The van der Waals surface area contributed by atoms with E-state index in [0.717, 1.165) is 13.2 Å². The zero-order valence-corrected chi connectivity index (χ0v) is 30.3. The number of phenolic OH excluding ortho intramolecular Hbond substituents is 1. The summed E-state index contributed by atoms with van der Waals surface area (Å²) in [5.74, 6) is -6.96. The molecule has 7 N–H and O–H groups in total. The molecule has 0 bridgehead atoms. The van der Waals surface area contributed by atoms with E-state index in [0.29, 0.717) is 13.0 Å². The van der Waals surface area contributed by atoms with Crippen molar-refractivity contribution in [3.05, 3.63) is 68.4 Å². The summed E-state index contributed by atoms with van der Waals surface area (Å²) in [5, 5.41) is 71.2. The number of allylic oxidation sites excluding steroid dienone is 2. The number of carbonyl (C=O) groups is 4. The molecular formula is C37H42N2O15. The minimum absolute atomic E-state index is 0.00190. The highest BCUT2D eigenvalue weighted by molar-refractivity contribution is 6.31. The number of phenols is 2. The number of aliphatic hydroxyl groups is 3. The monoisotopic (exact) mass is 754 g/mol. The van der Waals surface area contributed by atoms with Crippen LogP contribution in [0.1, 0.15) is 77.0 Å². The second-order valence-electron chi connectivity index (χ2n) is 13.7. The van der Waals surface area contributed by atoms with Gasteiger partial charge in [-0.25, -0.2) is 4.79 Å². The smallest absolute Gasteiger partial charge is 0.339 e. The lowest BCUT2D eigenvalue weighted by atomic mass is 9.56. The number of nitrogens with one attached hydrogen (secondary N) is 1. The maximum absolute atomic E-state index is 14.8. The molecule has 1 saturated heterocycles. The van der Waals surface area contributed by atoms with Crippen LogP contribution in [-0.4, -0.2) is 144 Å². The van der Waals surface area contributed by atoms with E-state index in [2.05, 4.69) is 10.3 Å². The first-order valence-corrected chi connectivity index (χ1v) is 17.1. The fourth-order valence-corrected chi connectivity index (χ4v) is 8.31. The molecule has 1 aliphatic heterocycles. The zero-order valence-electron chi connectivity index (χ0n) is 30.3. The molecule has 8 atom stereocenters. The van der Waals surface area contributed by atoms with E-state index in [4.69, 9.17) is 23.7 Å². The van der Waals surface area contributed by atoms with Crippen LogP contribution in [0.25, 0.3) is 0 Å². The minimum Gasteiger partial charge on any atom is -0.507 e. The van der Waals surface area contributed by atoms with E-state index in [1.54, 1.807) is 6.92 Å². The number of hydrogen-bond donors (Lipinski definition) is 7. The van der Waals surface area contributed by atoms with Gasteiger partial charge in [0.15, 0.2) is 17.4 Å². The second-order valence-corrected chi connectivity index (χ2v) is 13.7. The number of aliphatic hydroxyl groups excluding tert-OH is 2. The molecule has 1 heterocycles. The van der Waals surface area contributed by atoms with E-state index in [1.165, 1.54) is 40.4 Å². The van der Waals surface area contributed by atoms with Gasteiger partial charge in [-0.05, 0) is 43.5 Å². The first-order valence-electron chi connectivity index (χ1n) is 17.1. The quantitative estimate of drug-likeness (QED) is 0.161. The van der Waals surface area contributed by atoms with E-state index in [1.807, 2.05) is 0 Å². The number of ether oxygens (including phenoxy) is 5. The van der Waals surface area contributed by atoms with Crippen molar-refractivity contribution in [2.24, 2.45) is 4.99 Å². The molecule has 0 saturated carbocycles. The molecule has 17 nitrogen and oxygen atoms in total. The maximum atomic E-state index is 14.8. The Morgan fingerprint density at radius 3 is 2.30 bits per heavy atom. The molecule has 0 amide bonds. The third-order valence-electron chi connectivity index (χ3n) is 10.8. The molecule has 2 aromatic rings. The second kappa shape index (κ2) is 14.2. The highest BCUT2D eigenvalue weighted by atomic mass is 16.6. The van der Waals surface area contributed by atoms with Crippen molar-refractivity contribution in [3.8, 4) is 11.5 Å². The number of aliphatic imine (C=N–C) groups is 1. The highest BCUT2D eigenvalue weighted by Crippen LogP contribution is 2.56. The Bertz CT molecular complexity index is 2010. The molecule has 17 heteroatoms. The largest absolute Gasteiger partial charge is 0.507 e. The summed E-state index contributed by atoms with van der Waals surface area (Å²) in [7, 11) is 5.17. The Kier molecular flexibility index (Phi) is 10.3. The summed E-state index contributed by atoms with van der Waals surface area (Å²) in [4.78, 5) is 60.6. The van der Waals surface area contributed by atoms with Gasteiger partial charge < -0.3 is 59.6 Å². The topological polar surface area (TPSA) is 260 Å². The molecule has 8 unspecified atom stereocenters. The lowest BCUT2D eigenvalue weighted by Gasteiger charge is -2.53. The molecule has 4 aliphatic rings. The van der Waals surface area contributed by atoms with Crippen molar-refractivity contribution in [1.82, 2.24) is 5.32 Å². The number of aromatic carboxylic acids is 1. The molecule has 0 spiro atoms. The minimum atomic E-state index is -3.25. The number of benzene rings is 2. The summed E-state index contributed by atoms with van der Waals surface area (Å²) >= 11 is 0. The third kappa shape index (κ3) is 5.41. The summed E-state index contributed by atoms with van der Waals surface area (Å²) in [6.07, 6.45) is -5.48. The van der Waals surface area contributed by atoms with Crippen molar-refractivity contribution in [2.75, 3.05) is 41.6 Å². The summed E-state index contributed by atoms with van der Waals surface area (Å²) in [6.45, 7) is 3.46. The highest BCUT2D eigenvalue weighted by Gasteiger charge is 2.72. The van der Waals surface area contributed by atoms with E-state index < -0.39 is 111 Å². The Hall–Kier alpha value is -4.59. The molecule has 0 radical (unpaired) electrons. The number of Topliss-reactive ketones (excluding diaryl/α,β-unsaturated/α-hetero) is 3. The number of aryl methyl sites for hydroxylation is 1. The van der Waals surface area contributed by atoms with Crippen molar-refractivity contribution < 1.29 is 73.5 Å². The van der Waals surface area contributed by atoms with E-state index >= 15 is 0 Å². The van der Waals surface area contributed by atoms with Crippen LogP contribution in [-0.2, 0) is 35.7 Å². The fraction of sp³-hybridized carbons (Fsp3) is 0.486. The van der Waals surface area contributed by atoms with Gasteiger partial charge in [-0.3, -0.25) is 19.4 Å². The van der Waals surface area contributed by atoms with Crippen LogP contribution >= 0.6 is 0 Å². The summed E-state index contributed by atoms with van der Waals surface area (Å²) in [6, 6.07) is 2.25. The van der Waals surface area contributed by atoms with Gasteiger partial charge in [-0.2, -0.15) is 0 Å². The number of carboxylic acid groups (broad SMARTS) is 1. The average molecular weight is 755 g/mol. The summed E-state index contributed by atoms with van der Waals surface area (Å²) < 4.78 is 27.6. The van der Waals surface area contributed by atoms with Crippen LogP contribution in [0.5, 0.6) is 11.5 Å². The number of rotatable bonds is 10. The van der Waals surface area contributed by atoms with Gasteiger partial charge in [-0.15, -0.1) is 0 Å². The van der Waals surface area contributed by atoms with Crippen LogP contribution in [0, 0.1) is 6.92 Å². The number of methoxy groups -OCH3 is 4. The van der Waals surface area contributed by atoms with Crippen LogP contribution in [0.3, 0.4) is 0 Å². The molecule has 1 fully saturated rings. The lowest BCUT2D eigenvalue weighted by molar-refractivity contribution is -0.236. The Morgan fingerprint density at radius 2 is 1.69 bits per heavy atom. The Morgan fingerprint density at radius 1 is 1.00 bits per heavy atom. The molecule has 290 valence electrons. The Balaban J connectivity index is 1.56. The van der Waals surface area contributed by atoms with Crippen LogP contribution < -0.4 is 5.32 Å². The Labute approximate surface area is 308 Å². The number of carbonyl (C=O) groups excluding carboxylic acids is 3. The van der Waals surface area contributed by atoms with Crippen LogP contribution in [0.4, 0.5) is 0 Å². The van der Waals surface area contributed by atoms with Crippen molar-refractivity contribution in [3.63, 3.8) is 0 Å². The van der Waals surface area contributed by atoms with Gasteiger partial charge in [0, 0.05) is 64.7 Å². The fourth-order valence-electron chi connectivity index (χ4n) is 8.31. The normalized spacial score (nSPS) is 31.0. The van der Waals surface area contributed by atoms with E-state index in [9.17, 15) is 49.8 Å².